The predicted octanol–water partition coefficient (Wildman–Crippen LogP) is 3.80. The van der Waals surface area contributed by atoms with Gasteiger partial charge in [-0.3, -0.25) is 0 Å². The van der Waals surface area contributed by atoms with Gasteiger partial charge in [0.15, 0.2) is 0 Å². The van der Waals surface area contributed by atoms with Gasteiger partial charge in [0.1, 0.15) is 5.60 Å². The van der Waals surface area contributed by atoms with Crippen molar-refractivity contribution in [2.75, 3.05) is 0 Å². The van der Waals surface area contributed by atoms with Crippen LogP contribution in [0.5, 0.6) is 0 Å². The minimum absolute atomic E-state index is 0.291. The lowest BCUT2D eigenvalue weighted by Crippen LogP contribution is -2.34. The molecule has 0 fully saturated rings. The standard InChI is InChI=1S/C14H17ClN2O2/c1-9(17-13(18)19-14(2,3)4)11-5-10(8-16)6-12(15)7-11/h5-7,9H,1-4H3,(H,17,18). The molecule has 1 N–H and O–H groups in total. The predicted molar refractivity (Wildman–Crippen MR) is 74.0 cm³/mol. The molecular weight excluding hydrogens is 264 g/mol. The van der Waals surface area contributed by atoms with Crippen molar-refractivity contribution in [2.24, 2.45) is 0 Å². The Morgan fingerprint density at radius 2 is 2.05 bits per heavy atom. The summed E-state index contributed by atoms with van der Waals surface area (Å²) in [6.07, 6.45) is -0.501. The molecule has 19 heavy (non-hydrogen) atoms. The SMILES string of the molecule is CC(NC(=O)OC(C)(C)C)c1cc(Cl)cc(C#N)c1. The van der Waals surface area contributed by atoms with E-state index >= 15 is 0 Å². The summed E-state index contributed by atoms with van der Waals surface area (Å²) >= 11 is 5.92. The Kier molecular flexibility index (Phi) is 4.79. The maximum absolute atomic E-state index is 11.7. The van der Waals surface area contributed by atoms with Crippen molar-refractivity contribution >= 4 is 17.7 Å². The van der Waals surface area contributed by atoms with E-state index in [4.69, 9.17) is 21.6 Å². The second-order valence-electron chi connectivity index (χ2n) is 5.25. The van der Waals surface area contributed by atoms with Crippen LogP contribution in [0, 0.1) is 11.3 Å². The molecule has 0 aliphatic carbocycles. The number of benzene rings is 1. The van der Waals surface area contributed by atoms with Gasteiger partial charge in [-0.05, 0) is 51.5 Å². The Bertz CT molecular complexity index is 515. The van der Waals surface area contributed by atoms with Crippen LogP contribution >= 0.6 is 11.6 Å². The number of carbonyl (C=O) groups is 1. The molecule has 0 saturated carbocycles. The van der Waals surface area contributed by atoms with Crippen molar-refractivity contribution < 1.29 is 9.53 Å². The first-order chi connectivity index (χ1) is 8.71. The number of carbonyl (C=O) groups excluding carboxylic acids is 1. The van der Waals surface area contributed by atoms with Crippen LogP contribution in [0.4, 0.5) is 4.79 Å². The highest BCUT2D eigenvalue weighted by molar-refractivity contribution is 6.30. The number of halogens is 1. The third kappa shape index (κ3) is 5.19. The van der Waals surface area contributed by atoms with Gasteiger partial charge in [0.2, 0.25) is 0 Å². The van der Waals surface area contributed by atoms with E-state index in [1.807, 2.05) is 6.07 Å². The molecule has 1 amide bonds. The van der Waals surface area contributed by atoms with E-state index in [1.54, 1.807) is 45.9 Å². The topological polar surface area (TPSA) is 62.1 Å². The number of hydrogen-bond acceptors (Lipinski definition) is 3. The summed E-state index contributed by atoms with van der Waals surface area (Å²) in [4.78, 5) is 11.7. The monoisotopic (exact) mass is 280 g/mol. The van der Waals surface area contributed by atoms with Gasteiger partial charge in [-0.1, -0.05) is 11.6 Å². The Morgan fingerprint density at radius 3 is 2.58 bits per heavy atom. The molecule has 1 aromatic rings. The largest absolute Gasteiger partial charge is 0.444 e. The molecule has 1 aromatic carbocycles. The number of alkyl carbamates (subject to hydrolysis) is 1. The van der Waals surface area contributed by atoms with E-state index in [9.17, 15) is 4.79 Å². The molecule has 1 unspecified atom stereocenters. The van der Waals surface area contributed by atoms with Crippen molar-refractivity contribution in [3.8, 4) is 6.07 Å². The lowest BCUT2D eigenvalue weighted by Gasteiger charge is -2.22. The minimum Gasteiger partial charge on any atom is -0.444 e. The number of nitrogens with one attached hydrogen (secondary N) is 1. The third-order valence-electron chi connectivity index (χ3n) is 2.28. The van der Waals surface area contributed by atoms with Crippen molar-refractivity contribution in [1.29, 1.82) is 5.26 Å². The fourth-order valence-electron chi connectivity index (χ4n) is 1.49. The summed E-state index contributed by atoms with van der Waals surface area (Å²) < 4.78 is 5.17. The van der Waals surface area contributed by atoms with Gasteiger partial charge in [0.25, 0.3) is 0 Å². The first-order valence-electron chi connectivity index (χ1n) is 5.91. The lowest BCUT2D eigenvalue weighted by molar-refractivity contribution is 0.0508. The van der Waals surface area contributed by atoms with E-state index in [0.29, 0.717) is 10.6 Å². The highest BCUT2D eigenvalue weighted by Crippen LogP contribution is 2.20. The molecule has 1 atom stereocenters. The first-order valence-corrected chi connectivity index (χ1v) is 6.29. The maximum atomic E-state index is 11.7. The van der Waals surface area contributed by atoms with Gasteiger partial charge in [0, 0.05) is 5.02 Å². The molecular formula is C14H17ClN2O2. The molecule has 0 radical (unpaired) electrons. The van der Waals surface area contributed by atoms with Crippen LogP contribution in [0.25, 0.3) is 0 Å². The second-order valence-corrected chi connectivity index (χ2v) is 5.69. The number of hydrogen-bond donors (Lipinski definition) is 1. The minimum atomic E-state index is -0.546. The highest BCUT2D eigenvalue weighted by Gasteiger charge is 2.18. The molecule has 0 aromatic heterocycles. The lowest BCUT2D eigenvalue weighted by atomic mass is 10.1. The van der Waals surface area contributed by atoms with E-state index in [2.05, 4.69) is 5.32 Å². The summed E-state index contributed by atoms with van der Waals surface area (Å²) in [6, 6.07) is 6.71. The van der Waals surface area contributed by atoms with Gasteiger partial charge in [-0.25, -0.2) is 4.79 Å². The summed E-state index contributed by atoms with van der Waals surface area (Å²) in [7, 11) is 0. The van der Waals surface area contributed by atoms with Gasteiger partial charge >= 0.3 is 6.09 Å². The van der Waals surface area contributed by atoms with Crippen molar-refractivity contribution in [3.05, 3.63) is 34.3 Å². The van der Waals surface area contributed by atoms with Gasteiger partial charge < -0.3 is 10.1 Å². The van der Waals surface area contributed by atoms with E-state index in [1.165, 1.54) is 0 Å². The Labute approximate surface area is 118 Å². The van der Waals surface area contributed by atoms with Crippen molar-refractivity contribution in [3.63, 3.8) is 0 Å². The zero-order valence-corrected chi connectivity index (χ0v) is 12.2. The second kappa shape index (κ2) is 5.94. The first kappa shape index (κ1) is 15.3. The maximum Gasteiger partial charge on any atom is 0.408 e. The van der Waals surface area contributed by atoms with Crippen LogP contribution in [0.15, 0.2) is 18.2 Å². The highest BCUT2D eigenvalue weighted by atomic mass is 35.5. The molecule has 5 heteroatoms. The molecule has 0 heterocycles. The zero-order chi connectivity index (χ0) is 14.6. The van der Waals surface area contributed by atoms with Crippen molar-refractivity contribution in [1.82, 2.24) is 5.32 Å². The number of nitrogens with zero attached hydrogens (tertiary/aromatic N) is 1. The van der Waals surface area contributed by atoms with Crippen LogP contribution in [0.1, 0.15) is 44.9 Å². The molecule has 1 rings (SSSR count). The Balaban J connectivity index is 2.79. The fraction of sp³-hybridized carbons (Fsp3) is 0.429. The van der Waals surface area contributed by atoms with Gasteiger partial charge in [0.05, 0.1) is 17.7 Å². The summed E-state index contributed by atoms with van der Waals surface area (Å²) in [5.41, 5.74) is 0.672. The van der Waals surface area contributed by atoms with Gasteiger partial charge in [-0.15, -0.1) is 0 Å². The third-order valence-corrected chi connectivity index (χ3v) is 2.50. The fourth-order valence-corrected chi connectivity index (χ4v) is 1.74. The smallest absolute Gasteiger partial charge is 0.408 e. The van der Waals surface area contributed by atoms with E-state index in [0.717, 1.165) is 5.56 Å². The Morgan fingerprint density at radius 1 is 1.42 bits per heavy atom. The van der Waals surface area contributed by atoms with Crippen LogP contribution in [-0.2, 0) is 4.74 Å². The Hall–Kier alpha value is -1.73. The van der Waals surface area contributed by atoms with Crippen LogP contribution in [0.2, 0.25) is 5.02 Å². The summed E-state index contributed by atoms with van der Waals surface area (Å²) in [5, 5.41) is 12.0. The van der Waals surface area contributed by atoms with Crippen LogP contribution < -0.4 is 5.32 Å². The number of amides is 1. The van der Waals surface area contributed by atoms with Crippen LogP contribution in [-0.4, -0.2) is 11.7 Å². The molecule has 0 saturated heterocycles. The van der Waals surface area contributed by atoms with Gasteiger partial charge in [-0.2, -0.15) is 5.26 Å². The quantitative estimate of drug-likeness (QED) is 0.896. The van der Waals surface area contributed by atoms with Crippen molar-refractivity contribution in [2.45, 2.75) is 39.3 Å². The number of nitriles is 1. The molecule has 4 nitrogen and oxygen atoms in total. The molecule has 0 bridgehead atoms. The average Bonchev–Trinajstić information content (AvgIpc) is 2.25. The van der Waals surface area contributed by atoms with Crippen LogP contribution in [0.3, 0.4) is 0 Å². The number of rotatable bonds is 2. The molecule has 0 aliphatic heterocycles. The normalized spacial score (nSPS) is 12.4. The number of ether oxygens (including phenoxy) is 1. The molecule has 0 aliphatic rings. The average molecular weight is 281 g/mol. The summed E-state index contributed by atoms with van der Waals surface area (Å²) in [5.74, 6) is 0. The van der Waals surface area contributed by atoms with E-state index in [-0.39, 0.29) is 6.04 Å². The van der Waals surface area contributed by atoms with E-state index < -0.39 is 11.7 Å². The zero-order valence-electron chi connectivity index (χ0n) is 11.5. The molecule has 0 spiro atoms. The molecule has 102 valence electrons. The summed E-state index contributed by atoms with van der Waals surface area (Å²) in [6.45, 7) is 7.19.